The molecule has 2 N–H and O–H groups in total. The first kappa shape index (κ1) is 12.3. The van der Waals surface area contributed by atoms with Crippen LogP contribution in [-0.2, 0) is 0 Å². The average molecular weight is 254 g/mol. The number of pyridine rings is 1. The predicted octanol–water partition coefficient (Wildman–Crippen LogP) is 1.69. The average Bonchev–Trinajstić information content (AvgIpc) is 2.38. The number of amides is 1. The van der Waals surface area contributed by atoms with Crippen molar-refractivity contribution < 1.29 is 4.79 Å². The molecule has 2 rings (SSSR count). The number of carbonyl (C=O) groups is 1. The summed E-state index contributed by atoms with van der Waals surface area (Å²) in [7, 11) is 0. The molecule has 17 heavy (non-hydrogen) atoms. The number of nitrogens with zero attached hydrogens (tertiary/aromatic N) is 2. The fourth-order valence-corrected chi connectivity index (χ4v) is 2.42. The van der Waals surface area contributed by atoms with Crippen LogP contribution in [0.15, 0.2) is 18.5 Å². The Morgan fingerprint density at radius 2 is 2.41 bits per heavy atom. The largest absolute Gasteiger partial charge is 0.334 e. The van der Waals surface area contributed by atoms with Crippen molar-refractivity contribution in [2.24, 2.45) is 5.73 Å². The monoisotopic (exact) mass is 253 g/mol. The van der Waals surface area contributed by atoms with Crippen LogP contribution in [0.25, 0.3) is 0 Å². The van der Waals surface area contributed by atoms with Crippen LogP contribution in [0.4, 0.5) is 0 Å². The van der Waals surface area contributed by atoms with Crippen molar-refractivity contribution in [1.82, 2.24) is 9.88 Å². The normalized spacial score (nSPS) is 20.4. The highest BCUT2D eigenvalue weighted by molar-refractivity contribution is 6.33. The number of hydrogen-bond acceptors (Lipinski definition) is 3. The van der Waals surface area contributed by atoms with E-state index in [1.807, 2.05) is 4.90 Å². The Hall–Kier alpha value is -1.13. The number of hydrogen-bond donors (Lipinski definition) is 1. The van der Waals surface area contributed by atoms with Crippen molar-refractivity contribution in [3.8, 4) is 0 Å². The molecule has 1 aromatic heterocycles. The van der Waals surface area contributed by atoms with Crippen LogP contribution >= 0.6 is 11.6 Å². The molecule has 0 bridgehead atoms. The first-order chi connectivity index (χ1) is 8.24. The maximum atomic E-state index is 12.3. The maximum absolute atomic E-state index is 12.3. The maximum Gasteiger partial charge on any atom is 0.255 e. The molecule has 0 radical (unpaired) electrons. The Morgan fingerprint density at radius 3 is 3.12 bits per heavy atom. The number of aromatic nitrogens is 1. The minimum atomic E-state index is -0.0347. The lowest BCUT2D eigenvalue weighted by molar-refractivity contribution is 0.0623. The van der Waals surface area contributed by atoms with Gasteiger partial charge in [-0.3, -0.25) is 9.78 Å². The second-order valence-electron chi connectivity index (χ2n) is 4.24. The lowest BCUT2D eigenvalue weighted by Crippen LogP contribution is -2.47. The second-order valence-corrected chi connectivity index (χ2v) is 4.65. The summed E-state index contributed by atoms with van der Waals surface area (Å²) in [5.74, 6) is -0.0347. The van der Waals surface area contributed by atoms with E-state index in [-0.39, 0.29) is 11.9 Å². The van der Waals surface area contributed by atoms with Crippen molar-refractivity contribution in [2.45, 2.75) is 25.3 Å². The summed E-state index contributed by atoms with van der Waals surface area (Å²) in [6.45, 7) is 1.27. The SMILES string of the molecule is NCC1CCCCN1C(=O)c1ccncc1Cl. The van der Waals surface area contributed by atoms with E-state index in [9.17, 15) is 4.79 Å². The molecule has 0 spiro atoms. The molecule has 1 saturated heterocycles. The number of rotatable bonds is 2. The third-order valence-electron chi connectivity index (χ3n) is 3.16. The summed E-state index contributed by atoms with van der Waals surface area (Å²) in [5, 5.41) is 0.402. The summed E-state index contributed by atoms with van der Waals surface area (Å²) in [5.41, 5.74) is 6.22. The molecule has 0 aliphatic carbocycles. The molecule has 4 nitrogen and oxygen atoms in total. The summed E-state index contributed by atoms with van der Waals surface area (Å²) >= 11 is 5.99. The van der Waals surface area contributed by atoms with E-state index in [1.165, 1.54) is 6.20 Å². The molecule has 2 heterocycles. The van der Waals surface area contributed by atoms with E-state index in [0.29, 0.717) is 17.1 Å². The third kappa shape index (κ3) is 2.58. The quantitative estimate of drug-likeness (QED) is 0.873. The van der Waals surface area contributed by atoms with Gasteiger partial charge in [-0.2, -0.15) is 0 Å². The molecule has 5 heteroatoms. The van der Waals surface area contributed by atoms with Gasteiger partial charge in [0, 0.05) is 31.5 Å². The molecule has 0 aromatic carbocycles. The Bertz CT molecular complexity index is 410. The van der Waals surface area contributed by atoms with Crippen molar-refractivity contribution in [3.63, 3.8) is 0 Å². The molecule has 1 aromatic rings. The van der Waals surface area contributed by atoms with Gasteiger partial charge in [-0.15, -0.1) is 0 Å². The molecule has 1 fully saturated rings. The van der Waals surface area contributed by atoms with Crippen LogP contribution in [0.2, 0.25) is 5.02 Å². The molecular weight excluding hydrogens is 238 g/mol. The van der Waals surface area contributed by atoms with Crippen LogP contribution < -0.4 is 5.73 Å². The fourth-order valence-electron chi connectivity index (χ4n) is 2.22. The highest BCUT2D eigenvalue weighted by Crippen LogP contribution is 2.22. The van der Waals surface area contributed by atoms with Gasteiger partial charge in [0.15, 0.2) is 0 Å². The number of piperidine rings is 1. The van der Waals surface area contributed by atoms with Crippen LogP contribution in [-0.4, -0.2) is 34.9 Å². The summed E-state index contributed by atoms with van der Waals surface area (Å²) in [6, 6.07) is 1.80. The van der Waals surface area contributed by atoms with Crippen molar-refractivity contribution in [1.29, 1.82) is 0 Å². The zero-order valence-electron chi connectivity index (χ0n) is 9.60. The minimum Gasteiger partial charge on any atom is -0.334 e. The van der Waals surface area contributed by atoms with Gasteiger partial charge in [0.1, 0.15) is 0 Å². The molecule has 1 unspecified atom stereocenters. The molecule has 1 atom stereocenters. The van der Waals surface area contributed by atoms with Crippen LogP contribution in [0.5, 0.6) is 0 Å². The lowest BCUT2D eigenvalue weighted by atomic mass is 10.0. The summed E-state index contributed by atoms with van der Waals surface area (Å²) in [6.07, 6.45) is 6.22. The fraction of sp³-hybridized carbons (Fsp3) is 0.500. The number of likely N-dealkylation sites (tertiary alicyclic amines) is 1. The van der Waals surface area contributed by atoms with Gasteiger partial charge < -0.3 is 10.6 Å². The topological polar surface area (TPSA) is 59.2 Å². The van der Waals surface area contributed by atoms with E-state index in [0.717, 1.165) is 25.8 Å². The number of halogens is 1. The van der Waals surface area contributed by atoms with E-state index >= 15 is 0 Å². The van der Waals surface area contributed by atoms with Gasteiger partial charge in [0.2, 0.25) is 0 Å². The predicted molar refractivity (Wildman–Crippen MR) is 67.0 cm³/mol. The molecule has 1 aliphatic heterocycles. The second kappa shape index (κ2) is 5.47. The Morgan fingerprint density at radius 1 is 1.59 bits per heavy atom. The standard InChI is InChI=1S/C12H16ClN3O/c13-11-8-15-5-4-10(11)12(17)16-6-2-1-3-9(16)7-14/h4-5,8-9H,1-3,6-7,14H2. The minimum absolute atomic E-state index is 0.0347. The van der Waals surface area contributed by atoms with Gasteiger partial charge in [-0.25, -0.2) is 0 Å². The molecule has 0 saturated carbocycles. The first-order valence-corrected chi connectivity index (χ1v) is 6.22. The summed E-state index contributed by atoms with van der Waals surface area (Å²) in [4.78, 5) is 18.1. The van der Waals surface area contributed by atoms with E-state index < -0.39 is 0 Å². The molecular formula is C12H16ClN3O. The van der Waals surface area contributed by atoms with Crippen LogP contribution in [0.3, 0.4) is 0 Å². The van der Waals surface area contributed by atoms with Crippen LogP contribution in [0.1, 0.15) is 29.6 Å². The van der Waals surface area contributed by atoms with Crippen molar-refractivity contribution >= 4 is 17.5 Å². The van der Waals surface area contributed by atoms with Gasteiger partial charge in [-0.1, -0.05) is 11.6 Å². The van der Waals surface area contributed by atoms with Gasteiger partial charge in [0.05, 0.1) is 10.6 Å². The summed E-state index contributed by atoms with van der Waals surface area (Å²) < 4.78 is 0. The van der Waals surface area contributed by atoms with Gasteiger partial charge in [0.25, 0.3) is 5.91 Å². The number of carbonyl (C=O) groups excluding carboxylic acids is 1. The zero-order valence-corrected chi connectivity index (χ0v) is 10.4. The number of nitrogens with two attached hydrogens (primary N) is 1. The Balaban J connectivity index is 2.21. The first-order valence-electron chi connectivity index (χ1n) is 5.84. The van der Waals surface area contributed by atoms with E-state index in [2.05, 4.69) is 4.98 Å². The van der Waals surface area contributed by atoms with E-state index in [4.69, 9.17) is 17.3 Å². The Kier molecular flexibility index (Phi) is 3.97. The highest BCUT2D eigenvalue weighted by Gasteiger charge is 2.27. The highest BCUT2D eigenvalue weighted by atomic mass is 35.5. The van der Waals surface area contributed by atoms with Crippen molar-refractivity contribution in [2.75, 3.05) is 13.1 Å². The lowest BCUT2D eigenvalue weighted by Gasteiger charge is -2.35. The zero-order chi connectivity index (χ0) is 12.3. The Labute approximate surface area is 106 Å². The van der Waals surface area contributed by atoms with Crippen molar-refractivity contribution in [3.05, 3.63) is 29.0 Å². The van der Waals surface area contributed by atoms with E-state index in [1.54, 1.807) is 12.3 Å². The van der Waals surface area contributed by atoms with Gasteiger partial charge >= 0.3 is 0 Å². The molecule has 92 valence electrons. The molecule has 1 aliphatic rings. The van der Waals surface area contributed by atoms with Crippen LogP contribution in [0, 0.1) is 0 Å². The molecule has 1 amide bonds. The smallest absolute Gasteiger partial charge is 0.255 e. The third-order valence-corrected chi connectivity index (χ3v) is 3.46. The van der Waals surface area contributed by atoms with Gasteiger partial charge in [-0.05, 0) is 25.3 Å².